The standard InChI is InChI=1S/C16H23BrN2O.2ClH/c1-19-9-8-18-10-14(19)12-5-3-4-11-13(17)6-7-15(20-2)16(11)12;;/h6-7,12,14,18H,3-5,8-10H2,1-2H3;2*1H. The summed E-state index contributed by atoms with van der Waals surface area (Å²) in [5.74, 6) is 1.64. The fourth-order valence-corrected chi connectivity index (χ4v) is 4.30. The molecule has 2 aliphatic rings. The first-order valence-corrected chi connectivity index (χ1v) is 8.28. The van der Waals surface area contributed by atoms with E-state index < -0.39 is 0 Å². The second-order valence-corrected chi connectivity index (χ2v) is 6.75. The van der Waals surface area contributed by atoms with Crippen LogP contribution in [-0.2, 0) is 6.42 Å². The van der Waals surface area contributed by atoms with E-state index in [1.54, 1.807) is 7.11 Å². The molecule has 22 heavy (non-hydrogen) atoms. The first-order chi connectivity index (χ1) is 9.72. The van der Waals surface area contributed by atoms with Crippen molar-refractivity contribution in [2.24, 2.45) is 0 Å². The number of nitrogens with one attached hydrogen (secondary N) is 1. The monoisotopic (exact) mass is 410 g/mol. The Morgan fingerprint density at radius 2 is 2.09 bits per heavy atom. The molecular weight excluding hydrogens is 387 g/mol. The van der Waals surface area contributed by atoms with Crippen molar-refractivity contribution >= 4 is 40.7 Å². The Morgan fingerprint density at radius 1 is 1.32 bits per heavy atom. The molecule has 0 saturated carbocycles. The van der Waals surface area contributed by atoms with Crippen LogP contribution in [0.15, 0.2) is 16.6 Å². The number of ether oxygens (including phenoxy) is 1. The third kappa shape index (κ3) is 3.73. The topological polar surface area (TPSA) is 24.5 Å². The van der Waals surface area contributed by atoms with Gasteiger partial charge in [0.25, 0.3) is 0 Å². The molecule has 0 bridgehead atoms. The Labute approximate surface area is 154 Å². The molecule has 0 amide bonds. The highest BCUT2D eigenvalue weighted by Gasteiger charge is 2.34. The highest BCUT2D eigenvalue weighted by molar-refractivity contribution is 9.10. The largest absolute Gasteiger partial charge is 0.496 e. The van der Waals surface area contributed by atoms with E-state index in [1.165, 1.54) is 28.4 Å². The molecule has 1 aliphatic carbocycles. The van der Waals surface area contributed by atoms with Crippen molar-refractivity contribution in [3.8, 4) is 5.75 Å². The minimum absolute atomic E-state index is 0. The molecule has 1 aliphatic heterocycles. The molecule has 1 fully saturated rings. The van der Waals surface area contributed by atoms with E-state index in [-0.39, 0.29) is 24.8 Å². The lowest BCUT2D eigenvalue weighted by Gasteiger charge is -2.41. The molecule has 1 aromatic rings. The Morgan fingerprint density at radius 3 is 2.77 bits per heavy atom. The Kier molecular flexibility index (Phi) is 7.96. The Balaban J connectivity index is 0.00000121. The third-order valence-electron chi connectivity index (χ3n) is 4.82. The average molecular weight is 412 g/mol. The van der Waals surface area contributed by atoms with E-state index in [0.29, 0.717) is 12.0 Å². The van der Waals surface area contributed by atoms with Crippen LogP contribution in [0.2, 0.25) is 0 Å². The zero-order valence-corrected chi connectivity index (χ0v) is 16.3. The van der Waals surface area contributed by atoms with Crippen LogP contribution in [0.1, 0.15) is 29.9 Å². The molecule has 1 N–H and O–H groups in total. The van der Waals surface area contributed by atoms with E-state index in [9.17, 15) is 0 Å². The van der Waals surface area contributed by atoms with Gasteiger partial charge in [0.05, 0.1) is 7.11 Å². The van der Waals surface area contributed by atoms with Gasteiger partial charge in [0.2, 0.25) is 0 Å². The van der Waals surface area contributed by atoms with Crippen molar-refractivity contribution < 1.29 is 4.74 Å². The summed E-state index contributed by atoms with van der Waals surface area (Å²) in [6, 6.07) is 4.81. The number of likely N-dealkylation sites (N-methyl/N-ethyl adjacent to an activating group) is 1. The van der Waals surface area contributed by atoms with Crippen LogP contribution in [0.25, 0.3) is 0 Å². The second kappa shape index (κ2) is 8.74. The minimum Gasteiger partial charge on any atom is -0.496 e. The zero-order valence-electron chi connectivity index (χ0n) is 13.1. The summed E-state index contributed by atoms with van der Waals surface area (Å²) in [6.45, 7) is 3.31. The van der Waals surface area contributed by atoms with Gasteiger partial charge in [0, 0.05) is 41.6 Å². The average Bonchev–Trinajstić information content (AvgIpc) is 2.48. The maximum Gasteiger partial charge on any atom is 0.122 e. The number of hydrogen-bond acceptors (Lipinski definition) is 3. The second-order valence-electron chi connectivity index (χ2n) is 5.89. The third-order valence-corrected chi connectivity index (χ3v) is 5.56. The molecule has 1 aromatic carbocycles. The fourth-order valence-electron chi connectivity index (χ4n) is 3.76. The molecule has 0 aromatic heterocycles. The van der Waals surface area contributed by atoms with Gasteiger partial charge in [0.15, 0.2) is 0 Å². The van der Waals surface area contributed by atoms with Crippen molar-refractivity contribution in [2.45, 2.75) is 31.2 Å². The highest BCUT2D eigenvalue weighted by atomic mass is 79.9. The molecule has 0 radical (unpaired) electrons. The number of hydrogen-bond donors (Lipinski definition) is 1. The smallest absolute Gasteiger partial charge is 0.122 e. The summed E-state index contributed by atoms with van der Waals surface area (Å²) in [7, 11) is 4.04. The first-order valence-electron chi connectivity index (χ1n) is 7.48. The summed E-state index contributed by atoms with van der Waals surface area (Å²) in [4.78, 5) is 2.51. The Hall–Kier alpha value is -0.000000000000000222. The van der Waals surface area contributed by atoms with Crippen molar-refractivity contribution in [2.75, 3.05) is 33.8 Å². The van der Waals surface area contributed by atoms with E-state index in [4.69, 9.17) is 4.74 Å². The van der Waals surface area contributed by atoms with Crippen LogP contribution in [-0.4, -0.2) is 44.7 Å². The maximum atomic E-state index is 5.66. The van der Waals surface area contributed by atoms with Gasteiger partial charge in [-0.15, -0.1) is 24.8 Å². The van der Waals surface area contributed by atoms with Gasteiger partial charge in [-0.1, -0.05) is 15.9 Å². The number of methoxy groups -OCH3 is 1. The number of nitrogens with zero attached hydrogens (tertiary/aromatic N) is 1. The summed E-state index contributed by atoms with van der Waals surface area (Å²) >= 11 is 3.73. The molecule has 1 saturated heterocycles. The highest BCUT2D eigenvalue weighted by Crippen LogP contribution is 2.43. The molecule has 0 spiro atoms. The number of piperazine rings is 1. The van der Waals surface area contributed by atoms with Crippen molar-refractivity contribution in [1.82, 2.24) is 10.2 Å². The molecule has 2 atom stereocenters. The lowest BCUT2D eigenvalue weighted by atomic mass is 9.77. The van der Waals surface area contributed by atoms with Gasteiger partial charge in [-0.25, -0.2) is 0 Å². The molecular formula is C16H25BrCl2N2O. The minimum atomic E-state index is 0. The van der Waals surface area contributed by atoms with E-state index in [0.717, 1.165) is 31.8 Å². The molecule has 1 heterocycles. The number of rotatable bonds is 2. The SMILES string of the molecule is COc1ccc(Br)c2c1C(C1CNCCN1C)CCC2.Cl.Cl. The van der Waals surface area contributed by atoms with Crippen LogP contribution in [0, 0.1) is 0 Å². The van der Waals surface area contributed by atoms with E-state index in [2.05, 4.69) is 45.3 Å². The molecule has 2 unspecified atom stereocenters. The van der Waals surface area contributed by atoms with Crippen LogP contribution in [0.3, 0.4) is 0 Å². The van der Waals surface area contributed by atoms with Gasteiger partial charge >= 0.3 is 0 Å². The van der Waals surface area contributed by atoms with Gasteiger partial charge in [-0.2, -0.15) is 0 Å². The van der Waals surface area contributed by atoms with Gasteiger partial charge < -0.3 is 15.0 Å². The quantitative estimate of drug-likeness (QED) is 0.804. The fraction of sp³-hybridized carbons (Fsp3) is 0.625. The molecule has 3 rings (SSSR count). The summed E-state index contributed by atoms with van der Waals surface area (Å²) in [5.41, 5.74) is 2.90. The van der Waals surface area contributed by atoms with Crippen LogP contribution in [0.5, 0.6) is 5.75 Å². The Bertz CT molecular complexity index is 501. The van der Waals surface area contributed by atoms with E-state index in [1.807, 2.05) is 0 Å². The lowest BCUT2D eigenvalue weighted by molar-refractivity contribution is 0.162. The van der Waals surface area contributed by atoms with Crippen LogP contribution in [0.4, 0.5) is 0 Å². The van der Waals surface area contributed by atoms with Crippen molar-refractivity contribution in [3.05, 3.63) is 27.7 Å². The first kappa shape index (κ1) is 20.0. The number of halogens is 3. The zero-order chi connectivity index (χ0) is 14.1. The van der Waals surface area contributed by atoms with E-state index >= 15 is 0 Å². The lowest BCUT2D eigenvalue weighted by Crippen LogP contribution is -2.52. The molecule has 3 nitrogen and oxygen atoms in total. The van der Waals surface area contributed by atoms with Crippen LogP contribution >= 0.6 is 40.7 Å². The summed E-state index contributed by atoms with van der Waals surface area (Å²) in [5, 5.41) is 3.55. The van der Waals surface area contributed by atoms with Crippen molar-refractivity contribution in [1.29, 1.82) is 0 Å². The molecule has 126 valence electrons. The summed E-state index contributed by atoms with van der Waals surface area (Å²) < 4.78 is 6.90. The predicted octanol–water partition coefficient (Wildman–Crippen LogP) is 3.62. The van der Waals surface area contributed by atoms with Gasteiger partial charge in [0.1, 0.15) is 5.75 Å². The predicted molar refractivity (Wildman–Crippen MR) is 100 cm³/mol. The van der Waals surface area contributed by atoms with Crippen LogP contribution < -0.4 is 10.1 Å². The van der Waals surface area contributed by atoms with Gasteiger partial charge in [-0.05, 0) is 44.0 Å². The number of benzene rings is 1. The maximum absolute atomic E-state index is 5.66. The number of fused-ring (bicyclic) bond motifs is 1. The molecule has 6 heteroatoms. The summed E-state index contributed by atoms with van der Waals surface area (Å²) in [6.07, 6.45) is 3.69. The normalized spacial score (nSPS) is 24.7. The van der Waals surface area contributed by atoms with Gasteiger partial charge in [-0.3, -0.25) is 0 Å². The van der Waals surface area contributed by atoms with Crippen molar-refractivity contribution in [3.63, 3.8) is 0 Å².